The van der Waals surface area contributed by atoms with Gasteiger partial charge in [0.05, 0.1) is 152 Å². The zero-order valence-electron chi connectivity index (χ0n) is 33.7. The van der Waals surface area contributed by atoms with E-state index in [1.165, 1.54) is 44.9 Å². The molecule has 54 heavy (non-hydrogen) atoms. The number of nitrogens with one attached hydrogen (secondary N) is 1. The van der Waals surface area contributed by atoms with Crippen LogP contribution in [0.4, 0.5) is 4.79 Å². The highest BCUT2D eigenvalue weighted by Crippen LogP contribution is 2.10. The van der Waals surface area contributed by atoms with Crippen LogP contribution in [-0.2, 0) is 61.6 Å². The molecule has 0 aliphatic rings. The van der Waals surface area contributed by atoms with Gasteiger partial charge in [0.2, 0.25) is 0 Å². The Hall–Kier alpha value is -1.25. The molecule has 0 radical (unpaired) electrons. The van der Waals surface area contributed by atoms with Crippen LogP contribution >= 0.6 is 0 Å². The van der Waals surface area contributed by atoms with Gasteiger partial charge in [-0.3, -0.25) is 0 Å². The summed E-state index contributed by atoms with van der Waals surface area (Å²) in [6.07, 6.45) is 11.8. The minimum absolute atomic E-state index is 0.218. The summed E-state index contributed by atoms with van der Waals surface area (Å²) in [6, 6.07) is 0. The van der Waals surface area contributed by atoms with Gasteiger partial charge in [-0.05, 0) is 19.4 Å². The highest BCUT2D eigenvalue weighted by atomic mass is 16.6. The number of alkyl carbamates (subject to hydrolysis) is 1. The van der Waals surface area contributed by atoms with Gasteiger partial charge >= 0.3 is 6.09 Å². The number of nitrogens with two attached hydrogens (primary N) is 1. The first-order valence-corrected chi connectivity index (χ1v) is 20.3. The number of hydrogen-bond acceptors (Lipinski definition) is 15. The Morgan fingerprint density at radius 1 is 0.352 bits per heavy atom. The van der Waals surface area contributed by atoms with Gasteiger partial charge in [-0.1, -0.05) is 51.4 Å². The van der Waals surface area contributed by atoms with E-state index in [2.05, 4.69) is 5.32 Å². The second kappa shape index (κ2) is 49.8. The fraction of sp³-hybridized carbons (Fsp3) is 0.974. The topological polar surface area (TPSA) is 175 Å². The Morgan fingerprint density at radius 2 is 0.593 bits per heavy atom. The lowest BCUT2D eigenvalue weighted by molar-refractivity contribution is -0.0283. The Balaban J connectivity index is 3.11. The number of amides is 1. The maximum atomic E-state index is 11.7. The Bertz CT molecular complexity index is 702. The summed E-state index contributed by atoms with van der Waals surface area (Å²) in [5.74, 6) is 0. The Morgan fingerprint density at radius 3 is 0.870 bits per heavy atom. The molecular formula is C38H78N2O14. The van der Waals surface area contributed by atoms with Gasteiger partial charge in [0.15, 0.2) is 0 Å². The average molecular weight is 787 g/mol. The fourth-order valence-corrected chi connectivity index (χ4v) is 4.56. The van der Waals surface area contributed by atoms with E-state index >= 15 is 0 Å². The van der Waals surface area contributed by atoms with Crippen molar-refractivity contribution in [2.45, 2.75) is 64.2 Å². The summed E-state index contributed by atoms with van der Waals surface area (Å²) in [6.45, 7) is 13.2. The van der Waals surface area contributed by atoms with Crippen molar-refractivity contribution in [3.05, 3.63) is 0 Å². The van der Waals surface area contributed by atoms with Gasteiger partial charge in [-0.2, -0.15) is 0 Å². The van der Waals surface area contributed by atoms with E-state index in [9.17, 15) is 4.79 Å². The molecule has 3 N–H and O–H groups in total. The molecule has 0 saturated carbocycles. The lowest BCUT2D eigenvalue weighted by atomic mass is 10.1. The molecule has 324 valence electrons. The molecule has 0 heterocycles. The third kappa shape index (κ3) is 48.8. The van der Waals surface area contributed by atoms with Crippen LogP contribution in [-0.4, -0.2) is 185 Å². The molecule has 0 rings (SSSR count). The molecule has 0 bridgehead atoms. The van der Waals surface area contributed by atoms with Gasteiger partial charge in [0.25, 0.3) is 0 Å². The zero-order valence-corrected chi connectivity index (χ0v) is 33.7. The number of carbonyl (C=O) groups is 1. The van der Waals surface area contributed by atoms with Crippen LogP contribution in [0.15, 0.2) is 0 Å². The number of methoxy groups -OCH3 is 1. The number of unbranched alkanes of at least 4 members (excludes halogenated alkanes) is 9. The van der Waals surface area contributed by atoms with E-state index in [0.29, 0.717) is 159 Å². The predicted octanol–water partition coefficient (Wildman–Crippen LogP) is 3.40. The largest absolute Gasteiger partial charge is 0.447 e. The molecule has 0 aromatic carbocycles. The molecule has 0 unspecified atom stereocenters. The van der Waals surface area contributed by atoms with Crippen molar-refractivity contribution in [2.24, 2.45) is 5.73 Å². The lowest BCUT2D eigenvalue weighted by Crippen LogP contribution is -2.26. The average Bonchev–Trinajstić information content (AvgIpc) is 3.18. The molecule has 0 atom stereocenters. The molecule has 0 fully saturated rings. The SMILES string of the molecule is COCCOCCOCCOCCOCCOCCOCCOCCOCCOCCOCCOCCOC(=O)NCCCCCCCCCCCCN. The first-order valence-electron chi connectivity index (χ1n) is 20.3. The van der Waals surface area contributed by atoms with Gasteiger partial charge < -0.3 is 72.6 Å². The van der Waals surface area contributed by atoms with Crippen molar-refractivity contribution in [1.29, 1.82) is 0 Å². The summed E-state index contributed by atoms with van der Waals surface area (Å²) in [4.78, 5) is 11.7. The monoisotopic (exact) mass is 787 g/mol. The highest BCUT2D eigenvalue weighted by molar-refractivity contribution is 5.66. The molecule has 0 aromatic heterocycles. The maximum absolute atomic E-state index is 11.7. The normalized spacial score (nSPS) is 11.4. The van der Waals surface area contributed by atoms with Crippen molar-refractivity contribution >= 4 is 6.09 Å². The van der Waals surface area contributed by atoms with Crippen molar-refractivity contribution in [1.82, 2.24) is 5.32 Å². The van der Waals surface area contributed by atoms with E-state index in [4.69, 9.17) is 67.3 Å². The third-order valence-corrected chi connectivity index (χ3v) is 7.51. The summed E-state index contributed by atoms with van der Waals surface area (Å²) < 4.78 is 70.0. The highest BCUT2D eigenvalue weighted by Gasteiger charge is 2.02. The minimum Gasteiger partial charge on any atom is -0.447 e. The van der Waals surface area contributed by atoms with Gasteiger partial charge in [0, 0.05) is 13.7 Å². The molecule has 0 aromatic rings. The first kappa shape index (κ1) is 52.8. The van der Waals surface area contributed by atoms with E-state index in [-0.39, 0.29) is 6.61 Å². The van der Waals surface area contributed by atoms with Crippen LogP contribution in [0.2, 0.25) is 0 Å². The molecule has 0 spiro atoms. The quantitative estimate of drug-likeness (QED) is 0.0859. The molecule has 1 amide bonds. The summed E-state index contributed by atoms with van der Waals surface area (Å²) in [5, 5.41) is 2.79. The Kier molecular flexibility index (Phi) is 48.6. The molecular weight excluding hydrogens is 708 g/mol. The molecule has 16 heteroatoms. The molecule has 0 aliphatic heterocycles. The number of carbonyl (C=O) groups excluding carboxylic acids is 1. The minimum atomic E-state index is -0.392. The smallest absolute Gasteiger partial charge is 0.407 e. The second-order valence-corrected chi connectivity index (χ2v) is 12.1. The molecule has 0 saturated heterocycles. The van der Waals surface area contributed by atoms with Gasteiger partial charge in [0.1, 0.15) is 6.61 Å². The first-order chi connectivity index (χ1) is 26.8. The standard InChI is InChI=1S/C38H78N2O14/c1-42-14-15-43-16-17-44-18-19-45-20-21-46-22-23-47-24-25-48-26-27-49-28-29-50-30-31-51-32-33-52-34-35-53-36-37-54-38(41)40-13-11-9-7-5-3-2-4-6-8-10-12-39/h2-37,39H2,1H3,(H,40,41). The van der Waals surface area contributed by atoms with Crippen LogP contribution in [0.3, 0.4) is 0 Å². The van der Waals surface area contributed by atoms with Crippen LogP contribution in [0.5, 0.6) is 0 Å². The summed E-state index contributed by atoms with van der Waals surface area (Å²) in [5.41, 5.74) is 5.51. The van der Waals surface area contributed by atoms with Crippen molar-refractivity contribution in [3.63, 3.8) is 0 Å². The Labute approximate surface area is 326 Å². The van der Waals surface area contributed by atoms with Crippen LogP contribution in [0.25, 0.3) is 0 Å². The third-order valence-electron chi connectivity index (χ3n) is 7.51. The fourth-order valence-electron chi connectivity index (χ4n) is 4.56. The van der Waals surface area contributed by atoms with Crippen LogP contribution < -0.4 is 11.1 Å². The van der Waals surface area contributed by atoms with Gasteiger partial charge in [-0.25, -0.2) is 4.79 Å². The number of ether oxygens (including phenoxy) is 13. The number of hydrogen-bond donors (Lipinski definition) is 2. The van der Waals surface area contributed by atoms with E-state index in [0.717, 1.165) is 25.8 Å². The summed E-state index contributed by atoms with van der Waals surface area (Å²) >= 11 is 0. The van der Waals surface area contributed by atoms with Crippen molar-refractivity contribution in [2.75, 3.05) is 179 Å². The van der Waals surface area contributed by atoms with Crippen LogP contribution in [0.1, 0.15) is 64.2 Å². The summed E-state index contributed by atoms with van der Waals surface area (Å²) in [7, 11) is 1.64. The van der Waals surface area contributed by atoms with E-state index < -0.39 is 6.09 Å². The van der Waals surface area contributed by atoms with Crippen LogP contribution in [0, 0.1) is 0 Å². The zero-order chi connectivity index (χ0) is 38.9. The second-order valence-electron chi connectivity index (χ2n) is 12.1. The van der Waals surface area contributed by atoms with Crippen molar-refractivity contribution in [3.8, 4) is 0 Å². The number of rotatable bonds is 48. The van der Waals surface area contributed by atoms with E-state index in [1.807, 2.05) is 0 Å². The predicted molar refractivity (Wildman–Crippen MR) is 205 cm³/mol. The van der Waals surface area contributed by atoms with E-state index in [1.54, 1.807) is 7.11 Å². The molecule has 16 nitrogen and oxygen atoms in total. The van der Waals surface area contributed by atoms with Gasteiger partial charge in [-0.15, -0.1) is 0 Å². The van der Waals surface area contributed by atoms with Crippen molar-refractivity contribution < 1.29 is 66.4 Å². The molecule has 0 aliphatic carbocycles. The maximum Gasteiger partial charge on any atom is 0.407 e. The lowest BCUT2D eigenvalue weighted by Gasteiger charge is -2.09.